The van der Waals surface area contributed by atoms with E-state index < -0.39 is 11.6 Å². The molecule has 4 rings (SSSR count). The minimum Gasteiger partial charge on any atom is -0.392 e. The maximum Gasteiger partial charge on any atom is 0.159 e. The number of rotatable bonds is 3. The summed E-state index contributed by atoms with van der Waals surface area (Å²) in [6.07, 6.45) is 0.351. The summed E-state index contributed by atoms with van der Waals surface area (Å²) in [7, 11) is 1.99. The van der Waals surface area contributed by atoms with Crippen LogP contribution in [0.1, 0.15) is 29.7 Å². The minimum absolute atomic E-state index is 0.0917. The van der Waals surface area contributed by atoms with E-state index in [9.17, 15) is 13.9 Å². The molecule has 6 nitrogen and oxygen atoms in total. The number of aliphatic hydroxyl groups is 1. The third kappa shape index (κ3) is 3.17. The van der Waals surface area contributed by atoms with Crippen LogP contribution in [0.2, 0.25) is 0 Å². The highest BCUT2D eigenvalue weighted by Crippen LogP contribution is 2.31. The molecule has 1 N–H and O–H groups in total. The quantitative estimate of drug-likeness (QED) is 0.906. The van der Waals surface area contributed by atoms with Crippen molar-refractivity contribution < 1.29 is 13.9 Å². The van der Waals surface area contributed by atoms with Gasteiger partial charge in [0.15, 0.2) is 17.5 Å². The molecule has 1 saturated heterocycles. The van der Waals surface area contributed by atoms with Crippen molar-refractivity contribution in [2.24, 2.45) is 0 Å². The summed E-state index contributed by atoms with van der Waals surface area (Å²) in [6.45, 7) is 3.35. The molecule has 1 fully saturated rings. The molecule has 25 heavy (non-hydrogen) atoms. The van der Waals surface area contributed by atoms with Crippen LogP contribution in [-0.2, 0) is 19.6 Å². The lowest BCUT2D eigenvalue weighted by Gasteiger charge is -2.29. The maximum absolute atomic E-state index is 13.4. The molecular formula is C17H21F2N5O. The SMILES string of the molecule is CN1C[C@H](O)C[C@H]1c1nnc2n1CCN(Cc1ccc(F)c(F)c1)C2. The van der Waals surface area contributed by atoms with E-state index in [-0.39, 0.29) is 12.1 Å². The molecule has 0 unspecified atom stereocenters. The fraction of sp³-hybridized carbons (Fsp3) is 0.529. The molecular weight excluding hydrogens is 328 g/mol. The zero-order chi connectivity index (χ0) is 17.6. The van der Waals surface area contributed by atoms with Crippen molar-refractivity contribution >= 4 is 0 Å². The maximum atomic E-state index is 13.4. The summed E-state index contributed by atoms with van der Waals surface area (Å²) in [4.78, 5) is 4.25. The molecule has 8 heteroatoms. The van der Waals surface area contributed by atoms with Gasteiger partial charge in [-0.05, 0) is 31.2 Å². The normalized spacial score (nSPS) is 24.6. The second kappa shape index (κ2) is 6.44. The van der Waals surface area contributed by atoms with Crippen molar-refractivity contribution in [2.75, 3.05) is 20.1 Å². The van der Waals surface area contributed by atoms with Crippen molar-refractivity contribution in [2.45, 2.75) is 38.2 Å². The summed E-state index contributed by atoms with van der Waals surface area (Å²) < 4.78 is 28.5. The van der Waals surface area contributed by atoms with Crippen LogP contribution in [-0.4, -0.2) is 55.9 Å². The molecule has 1 aromatic carbocycles. The van der Waals surface area contributed by atoms with E-state index in [1.165, 1.54) is 6.07 Å². The van der Waals surface area contributed by atoms with Crippen molar-refractivity contribution in [3.8, 4) is 0 Å². The van der Waals surface area contributed by atoms with Gasteiger partial charge < -0.3 is 9.67 Å². The molecule has 0 bridgehead atoms. The first kappa shape index (κ1) is 16.6. The van der Waals surface area contributed by atoms with E-state index in [0.717, 1.165) is 36.4 Å². The van der Waals surface area contributed by atoms with Gasteiger partial charge in [0.05, 0.1) is 18.7 Å². The molecule has 0 amide bonds. The molecule has 134 valence electrons. The molecule has 2 aliphatic heterocycles. The summed E-state index contributed by atoms with van der Waals surface area (Å²) >= 11 is 0. The monoisotopic (exact) mass is 349 g/mol. The van der Waals surface area contributed by atoms with Crippen LogP contribution in [0.4, 0.5) is 8.78 Å². The highest BCUT2D eigenvalue weighted by Gasteiger charge is 2.34. The van der Waals surface area contributed by atoms with Crippen LogP contribution in [0, 0.1) is 11.6 Å². The standard InChI is InChI=1S/C17H21F2N5O/c1-22-9-12(25)7-15(22)17-21-20-16-10-23(4-5-24(16)17)8-11-2-3-13(18)14(19)6-11/h2-3,6,12,15,25H,4-5,7-10H2,1H3/t12-,15+/m1/s1. The van der Waals surface area contributed by atoms with Gasteiger partial charge >= 0.3 is 0 Å². The molecule has 2 aliphatic rings. The van der Waals surface area contributed by atoms with E-state index in [2.05, 4.69) is 24.6 Å². The number of benzene rings is 1. The first-order chi connectivity index (χ1) is 12.0. The molecule has 0 saturated carbocycles. The van der Waals surface area contributed by atoms with Crippen molar-refractivity contribution in [1.29, 1.82) is 0 Å². The van der Waals surface area contributed by atoms with Gasteiger partial charge in [0, 0.05) is 26.2 Å². The lowest BCUT2D eigenvalue weighted by Crippen LogP contribution is -2.35. The third-order valence-electron chi connectivity index (χ3n) is 5.08. The van der Waals surface area contributed by atoms with Gasteiger partial charge in [0.2, 0.25) is 0 Å². The number of fused-ring (bicyclic) bond motifs is 1. The second-order valence-electron chi connectivity index (χ2n) is 6.93. The molecule has 1 aromatic heterocycles. The van der Waals surface area contributed by atoms with E-state index >= 15 is 0 Å². The van der Waals surface area contributed by atoms with Crippen molar-refractivity contribution in [3.63, 3.8) is 0 Å². The van der Waals surface area contributed by atoms with Crippen molar-refractivity contribution in [1.82, 2.24) is 24.6 Å². The van der Waals surface area contributed by atoms with Crippen LogP contribution in [0.3, 0.4) is 0 Å². The average Bonchev–Trinajstić information content (AvgIpc) is 3.13. The van der Waals surface area contributed by atoms with Crippen LogP contribution in [0.15, 0.2) is 18.2 Å². The fourth-order valence-corrected chi connectivity index (χ4v) is 3.78. The lowest BCUT2D eigenvalue weighted by molar-refractivity contribution is 0.182. The Labute approximate surface area is 144 Å². The van der Waals surface area contributed by atoms with Crippen LogP contribution in [0.25, 0.3) is 0 Å². The number of aliphatic hydroxyl groups excluding tert-OH is 1. The van der Waals surface area contributed by atoms with Crippen LogP contribution >= 0.6 is 0 Å². The Morgan fingerprint density at radius 1 is 1.20 bits per heavy atom. The summed E-state index contributed by atoms with van der Waals surface area (Å²) in [5.41, 5.74) is 0.741. The number of hydrogen-bond donors (Lipinski definition) is 1. The van der Waals surface area contributed by atoms with E-state index in [1.807, 2.05) is 7.05 Å². The van der Waals surface area contributed by atoms with Crippen LogP contribution < -0.4 is 0 Å². The number of nitrogens with zero attached hydrogens (tertiary/aromatic N) is 5. The predicted molar refractivity (Wildman–Crippen MR) is 86.5 cm³/mol. The van der Waals surface area contributed by atoms with Gasteiger partial charge in [0.1, 0.15) is 5.82 Å². The highest BCUT2D eigenvalue weighted by atomic mass is 19.2. The largest absolute Gasteiger partial charge is 0.392 e. The lowest BCUT2D eigenvalue weighted by atomic mass is 10.1. The highest BCUT2D eigenvalue weighted by molar-refractivity contribution is 5.18. The summed E-state index contributed by atoms with van der Waals surface area (Å²) in [6, 6.07) is 4.11. The molecule has 3 heterocycles. The number of β-amino-alcohol motifs (C(OH)–C–C–N with tert-alkyl or cyclic N) is 1. The molecule has 2 aromatic rings. The van der Waals surface area contributed by atoms with Gasteiger partial charge in [-0.2, -0.15) is 0 Å². The Morgan fingerprint density at radius 3 is 2.76 bits per heavy atom. The zero-order valence-corrected chi connectivity index (χ0v) is 14.1. The number of halogens is 2. The Kier molecular flexibility index (Phi) is 4.26. The number of likely N-dealkylation sites (tertiary alicyclic amines) is 1. The first-order valence-corrected chi connectivity index (χ1v) is 8.48. The molecule has 0 spiro atoms. The fourth-order valence-electron chi connectivity index (χ4n) is 3.78. The number of aromatic nitrogens is 3. The topological polar surface area (TPSA) is 57.4 Å². The number of hydrogen-bond acceptors (Lipinski definition) is 5. The minimum atomic E-state index is -0.824. The van der Waals surface area contributed by atoms with E-state index in [4.69, 9.17) is 0 Å². The Morgan fingerprint density at radius 2 is 2.04 bits per heavy atom. The molecule has 0 aliphatic carbocycles. The summed E-state index contributed by atoms with van der Waals surface area (Å²) in [5.74, 6) is 0.137. The van der Waals surface area contributed by atoms with Crippen LogP contribution in [0.5, 0.6) is 0 Å². The van der Waals surface area contributed by atoms with E-state index in [0.29, 0.717) is 26.1 Å². The third-order valence-corrected chi connectivity index (χ3v) is 5.08. The second-order valence-corrected chi connectivity index (χ2v) is 6.93. The smallest absolute Gasteiger partial charge is 0.159 e. The number of likely N-dealkylation sites (N-methyl/N-ethyl adjacent to an activating group) is 1. The van der Waals surface area contributed by atoms with Gasteiger partial charge in [-0.25, -0.2) is 8.78 Å². The van der Waals surface area contributed by atoms with Gasteiger partial charge in [0.25, 0.3) is 0 Å². The average molecular weight is 349 g/mol. The zero-order valence-electron chi connectivity index (χ0n) is 14.1. The summed E-state index contributed by atoms with van der Waals surface area (Å²) in [5, 5.41) is 18.5. The Hall–Kier alpha value is -1.90. The van der Waals surface area contributed by atoms with Gasteiger partial charge in [-0.15, -0.1) is 10.2 Å². The van der Waals surface area contributed by atoms with Crippen molar-refractivity contribution in [3.05, 3.63) is 47.0 Å². The Bertz CT molecular complexity index is 780. The van der Waals surface area contributed by atoms with E-state index in [1.54, 1.807) is 6.07 Å². The first-order valence-electron chi connectivity index (χ1n) is 8.48. The predicted octanol–water partition coefficient (Wildman–Crippen LogP) is 1.31. The van der Waals surface area contributed by atoms with Gasteiger partial charge in [-0.3, -0.25) is 9.80 Å². The Balaban J connectivity index is 1.48. The van der Waals surface area contributed by atoms with Gasteiger partial charge in [-0.1, -0.05) is 6.07 Å². The molecule has 0 radical (unpaired) electrons. The molecule has 2 atom stereocenters.